The van der Waals surface area contributed by atoms with Crippen molar-refractivity contribution in [2.75, 3.05) is 12.4 Å². The third-order valence-electron chi connectivity index (χ3n) is 6.76. The number of benzene rings is 1. The molecule has 2 atom stereocenters. The number of unbranched alkanes of at least 4 members (excludes halogenated alkanes) is 3. The minimum atomic E-state index is -3.84. The summed E-state index contributed by atoms with van der Waals surface area (Å²) in [4.78, 5) is 0. The molecule has 2 unspecified atom stereocenters. The van der Waals surface area contributed by atoms with Crippen LogP contribution in [0.4, 0.5) is 0 Å². The lowest BCUT2D eigenvalue weighted by Crippen LogP contribution is -2.36. The highest BCUT2D eigenvalue weighted by Gasteiger charge is 2.31. The van der Waals surface area contributed by atoms with Crippen LogP contribution in [-0.4, -0.2) is 30.9 Å². The van der Waals surface area contributed by atoms with Gasteiger partial charge in [-0.3, -0.25) is 4.55 Å². The topological polar surface area (TPSA) is 72.8 Å². The molecular formula is C27H46O5S. The van der Waals surface area contributed by atoms with Gasteiger partial charge in [0.25, 0.3) is 10.1 Å². The maximum Gasteiger partial charge on any atom is 0.264 e. The van der Waals surface area contributed by atoms with E-state index in [0.29, 0.717) is 13.0 Å². The Morgan fingerprint density at radius 1 is 1.03 bits per heavy atom. The molecule has 5 nitrogen and oxygen atoms in total. The van der Waals surface area contributed by atoms with Crippen LogP contribution in [0.5, 0.6) is 11.5 Å². The Balaban J connectivity index is 1.68. The molecule has 2 rings (SSSR count). The van der Waals surface area contributed by atoms with Crippen LogP contribution in [0.3, 0.4) is 0 Å². The minimum Gasteiger partial charge on any atom is -0.494 e. The Morgan fingerprint density at radius 3 is 2.48 bits per heavy atom. The van der Waals surface area contributed by atoms with Gasteiger partial charge >= 0.3 is 0 Å². The average molecular weight is 483 g/mol. The first-order chi connectivity index (χ1) is 15.6. The van der Waals surface area contributed by atoms with Crippen LogP contribution < -0.4 is 9.47 Å². The molecule has 0 saturated heterocycles. The van der Waals surface area contributed by atoms with Crippen molar-refractivity contribution in [1.29, 1.82) is 0 Å². The van der Waals surface area contributed by atoms with E-state index in [-0.39, 0.29) is 11.4 Å². The number of fused-ring (bicyclic) bond motifs is 1. The number of hydrogen-bond acceptors (Lipinski definition) is 4. The Hall–Kier alpha value is -1.27. The van der Waals surface area contributed by atoms with Crippen LogP contribution in [-0.2, 0) is 16.5 Å². The molecule has 1 aliphatic heterocycles. The summed E-state index contributed by atoms with van der Waals surface area (Å²) in [6.45, 7) is 9.86. The predicted octanol–water partition coefficient (Wildman–Crippen LogP) is 7.23. The maximum absolute atomic E-state index is 10.7. The van der Waals surface area contributed by atoms with Crippen molar-refractivity contribution in [2.45, 2.75) is 110 Å². The summed E-state index contributed by atoms with van der Waals surface area (Å²) in [6.07, 6.45) is 12.7. The lowest BCUT2D eigenvalue weighted by molar-refractivity contribution is 0.0523. The molecule has 0 saturated carbocycles. The van der Waals surface area contributed by atoms with Gasteiger partial charge in [0.15, 0.2) is 0 Å². The second kappa shape index (κ2) is 13.6. The fourth-order valence-electron chi connectivity index (χ4n) is 4.61. The monoisotopic (exact) mass is 482 g/mol. The van der Waals surface area contributed by atoms with E-state index in [1.165, 1.54) is 37.7 Å². The first kappa shape index (κ1) is 28.0. The summed E-state index contributed by atoms with van der Waals surface area (Å²) in [5.74, 6) is 3.31. The average Bonchev–Trinajstić information content (AvgIpc) is 2.72. The summed E-state index contributed by atoms with van der Waals surface area (Å²) >= 11 is 0. The summed E-state index contributed by atoms with van der Waals surface area (Å²) in [5, 5.41) is 0. The lowest BCUT2D eigenvalue weighted by Gasteiger charge is -2.36. The van der Waals surface area contributed by atoms with Crippen LogP contribution in [0, 0.1) is 11.8 Å². The van der Waals surface area contributed by atoms with Crippen molar-refractivity contribution in [1.82, 2.24) is 0 Å². The molecule has 0 spiro atoms. The van der Waals surface area contributed by atoms with E-state index >= 15 is 0 Å². The van der Waals surface area contributed by atoms with Gasteiger partial charge in [-0.1, -0.05) is 59.3 Å². The van der Waals surface area contributed by atoms with Crippen LogP contribution in [0.25, 0.3) is 0 Å². The van der Waals surface area contributed by atoms with Crippen LogP contribution in [0.1, 0.15) is 104 Å². The van der Waals surface area contributed by atoms with Gasteiger partial charge in [0.2, 0.25) is 0 Å². The second-order valence-electron chi connectivity index (χ2n) is 10.7. The standard InChI is InChI=1S/C27H46O5S/c1-22(2)11-9-12-23(3)13-10-17-27(4)18-16-24-21-25(14-15-26(24)32-27)31-19-7-5-6-8-20-33(28,29)30/h14-15,21-23H,5-13,16-20H2,1-4H3,(H,28,29,30). The van der Waals surface area contributed by atoms with Crippen LogP contribution in [0.2, 0.25) is 0 Å². The predicted molar refractivity (Wildman–Crippen MR) is 136 cm³/mol. The van der Waals surface area contributed by atoms with E-state index in [9.17, 15) is 8.42 Å². The Labute approximate surface area is 202 Å². The highest BCUT2D eigenvalue weighted by Crippen LogP contribution is 2.38. The van der Waals surface area contributed by atoms with Crippen molar-refractivity contribution in [3.63, 3.8) is 0 Å². The zero-order valence-electron chi connectivity index (χ0n) is 21.3. The van der Waals surface area contributed by atoms with Gasteiger partial charge in [0, 0.05) is 0 Å². The summed E-state index contributed by atoms with van der Waals surface area (Å²) in [5.41, 5.74) is 1.15. The fraction of sp³-hybridized carbons (Fsp3) is 0.778. The van der Waals surface area contributed by atoms with Crippen molar-refractivity contribution >= 4 is 10.1 Å². The molecule has 1 heterocycles. The van der Waals surface area contributed by atoms with Crippen LogP contribution in [0.15, 0.2) is 18.2 Å². The van der Waals surface area contributed by atoms with E-state index in [0.717, 1.165) is 61.9 Å². The zero-order valence-corrected chi connectivity index (χ0v) is 22.1. The third-order valence-corrected chi connectivity index (χ3v) is 7.56. The maximum atomic E-state index is 10.7. The zero-order chi connectivity index (χ0) is 24.3. The van der Waals surface area contributed by atoms with E-state index in [2.05, 4.69) is 33.8 Å². The van der Waals surface area contributed by atoms with Crippen molar-refractivity contribution in [3.8, 4) is 11.5 Å². The highest BCUT2D eigenvalue weighted by molar-refractivity contribution is 7.85. The first-order valence-electron chi connectivity index (χ1n) is 13.0. The molecule has 6 heteroatoms. The third kappa shape index (κ3) is 11.6. The minimum absolute atomic E-state index is 0.0743. The van der Waals surface area contributed by atoms with Gasteiger partial charge in [-0.15, -0.1) is 0 Å². The van der Waals surface area contributed by atoms with Gasteiger partial charge < -0.3 is 9.47 Å². The lowest BCUT2D eigenvalue weighted by atomic mass is 9.86. The Kier molecular flexibility index (Phi) is 11.5. The molecule has 190 valence electrons. The molecule has 1 aliphatic rings. The molecule has 33 heavy (non-hydrogen) atoms. The van der Waals surface area contributed by atoms with E-state index in [1.54, 1.807) is 0 Å². The molecule has 1 aromatic rings. The number of aryl methyl sites for hydroxylation is 1. The smallest absolute Gasteiger partial charge is 0.264 e. The van der Waals surface area contributed by atoms with Gasteiger partial charge in [0.05, 0.1) is 12.4 Å². The molecule has 1 N–H and O–H groups in total. The molecule has 0 bridgehead atoms. The molecule has 0 radical (unpaired) electrons. The van der Waals surface area contributed by atoms with Gasteiger partial charge in [-0.2, -0.15) is 8.42 Å². The number of rotatable bonds is 16. The SMILES string of the molecule is CC(C)CCCC(C)CCCC1(C)CCc2cc(OCCCCCCS(=O)(=O)O)ccc2O1. The molecule has 0 fully saturated rings. The van der Waals surface area contributed by atoms with Gasteiger partial charge in [-0.25, -0.2) is 0 Å². The highest BCUT2D eigenvalue weighted by atomic mass is 32.2. The van der Waals surface area contributed by atoms with E-state index in [1.807, 2.05) is 12.1 Å². The van der Waals surface area contributed by atoms with Crippen LogP contribution >= 0.6 is 0 Å². The first-order valence-corrected chi connectivity index (χ1v) is 14.6. The largest absolute Gasteiger partial charge is 0.494 e. The van der Waals surface area contributed by atoms with Gasteiger partial charge in [-0.05, 0) is 81.0 Å². The summed E-state index contributed by atoms with van der Waals surface area (Å²) in [6, 6.07) is 6.13. The number of hydrogen-bond donors (Lipinski definition) is 1. The second-order valence-corrected chi connectivity index (χ2v) is 12.3. The summed E-state index contributed by atoms with van der Waals surface area (Å²) in [7, 11) is -3.84. The molecule has 0 aliphatic carbocycles. The molecule has 0 aromatic heterocycles. The fourth-order valence-corrected chi connectivity index (χ4v) is 5.17. The normalized spacial score (nSPS) is 19.2. The van der Waals surface area contributed by atoms with Crippen molar-refractivity contribution < 1.29 is 22.4 Å². The van der Waals surface area contributed by atoms with Crippen molar-refractivity contribution in [3.05, 3.63) is 23.8 Å². The van der Waals surface area contributed by atoms with Crippen molar-refractivity contribution in [2.24, 2.45) is 11.8 Å². The van der Waals surface area contributed by atoms with Gasteiger partial charge in [0.1, 0.15) is 17.1 Å². The summed E-state index contributed by atoms with van der Waals surface area (Å²) < 4.78 is 42.5. The van der Waals surface area contributed by atoms with E-state index in [4.69, 9.17) is 14.0 Å². The Morgan fingerprint density at radius 2 is 1.76 bits per heavy atom. The number of ether oxygens (including phenoxy) is 2. The molecular weight excluding hydrogens is 436 g/mol. The quantitative estimate of drug-likeness (QED) is 0.199. The molecule has 0 amide bonds. The van der Waals surface area contributed by atoms with E-state index < -0.39 is 10.1 Å². The molecule has 1 aromatic carbocycles. The Bertz CT molecular complexity index is 805.